The van der Waals surface area contributed by atoms with E-state index in [0.717, 1.165) is 0 Å². The predicted octanol–water partition coefficient (Wildman–Crippen LogP) is -0.931. The van der Waals surface area contributed by atoms with Gasteiger partial charge in [-0.1, -0.05) is 0 Å². The largest absolute Gasteiger partial charge is 0.481 e. The fourth-order valence-electron chi connectivity index (χ4n) is 2.62. The second-order valence-electron chi connectivity index (χ2n) is 5.34. The van der Waals surface area contributed by atoms with E-state index in [1.165, 1.54) is 4.31 Å². The summed E-state index contributed by atoms with van der Waals surface area (Å²) in [6.07, 6.45) is -0.694. The predicted molar refractivity (Wildman–Crippen MR) is 74.2 cm³/mol. The van der Waals surface area contributed by atoms with Gasteiger partial charge in [0, 0.05) is 13.1 Å². The number of sulfonamides is 1. The quantitative estimate of drug-likeness (QED) is 0.701. The molecule has 2 saturated heterocycles. The lowest BCUT2D eigenvalue weighted by molar-refractivity contribution is -0.141. The van der Waals surface area contributed by atoms with Crippen LogP contribution >= 0.6 is 0 Å². The molecule has 1 unspecified atom stereocenters. The van der Waals surface area contributed by atoms with E-state index in [1.807, 2.05) is 0 Å². The number of morpholine rings is 1. The number of hydrogen-bond donors (Lipinski definition) is 1. The van der Waals surface area contributed by atoms with Crippen molar-refractivity contribution in [2.45, 2.75) is 30.6 Å². The molecule has 0 amide bonds. The van der Waals surface area contributed by atoms with Crippen LogP contribution in [0, 0.1) is 0 Å². The second-order valence-corrected chi connectivity index (χ2v) is 9.86. The Bertz CT molecular complexity index is 584. The van der Waals surface area contributed by atoms with Gasteiger partial charge in [-0.15, -0.1) is 0 Å². The van der Waals surface area contributed by atoms with Crippen LogP contribution in [0.3, 0.4) is 0 Å². The van der Waals surface area contributed by atoms with Crippen LogP contribution in [0.15, 0.2) is 0 Å². The fraction of sp³-hybridized carbons (Fsp3) is 0.909. The number of sulfone groups is 1. The molecule has 0 aromatic heterocycles. The number of hydrogen-bond acceptors (Lipinski definition) is 6. The van der Waals surface area contributed by atoms with Gasteiger partial charge in [0.25, 0.3) is 0 Å². The summed E-state index contributed by atoms with van der Waals surface area (Å²) < 4.78 is 54.3. The molecule has 0 bridgehead atoms. The molecule has 0 aliphatic carbocycles. The van der Waals surface area contributed by atoms with Gasteiger partial charge in [-0.25, -0.2) is 16.8 Å². The molecule has 0 aromatic rings. The van der Waals surface area contributed by atoms with Crippen LogP contribution in [-0.4, -0.2) is 74.8 Å². The van der Waals surface area contributed by atoms with Crippen LogP contribution in [0.5, 0.6) is 0 Å². The smallest absolute Gasteiger partial charge is 0.306 e. The van der Waals surface area contributed by atoms with Crippen molar-refractivity contribution in [2.24, 2.45) is 0 Å². The number of carboxylic acids is 1. The average Bonchev–Trinajstić information content (AvgIpc) is 2.37. The Morgan fingerprint density at radius 2 is 1.90 bits per heavy atom. The van der Waals surface area contributed by atoms with Crippen LogP contribution in [0.25, 0.3) is 0 Å². The summed E-state index contributed by atoms with van der Waals surface area (Å²) in [6.45, 7) is 0.349. The van der Waals surface area contributed by atoms with Crippen molar-refractivity contribution >= 4 is 25.8 Å². The van der Waals surface area contributed by atoms with Crippen molar-refractivity contribution in [3.63, 3.8) is 0 Å². The first-order valence-electron chi connectivity index (χ1n) is 6.73. The first-order chi connectivity index (χ1) is 9.71. The van der Waals surface area contributed by atoms with E-state index in [-0.39, 0.29) is 50.5 Å². The fourth-order valence-corrected chi connectivity index (χ4v) is 6.36. The minimum absolute atomic E-state index is 0.0118. The Morgan fingerprint density at radius 3 is 2.48 bits per heavy atom. The van der Waals surface area contributed by atoms with Gasteiger partial charge in [-0.2, -0.15) is 4.31 Å². The van der Waals surface area contributed by atoms with Crippen LogP contribution in [0.2, 0.25) is 0 Å². The lowest BCUT2D eigenvalue weighted by atomic mass is 10.2. The zero-order chi connectivity index (χ0) is 15.7. The molecule has 21 heavy (non-hydrogen) atoms. The van der Waals surface area contributed by atoms with E-state index < -0.39 is 37.2 Å². The van der Waals surface area contributed by atoms with E-state index in [4.69, 9.17) is 9.84 Å². The molecule has 2 aliphatic heterocycles. The molecule has 8 nitrogen and oxygen atoms in total. The van der Waals surface area contributed by atoms with E-state index >= 15 is 0 Å². The van der Waals surface area contributed by atoms with Gasteiger partial charge in [0.15, 0.2) is 0 Å². The minimum atomic E-state index is -3.61. The molecule has 0 radical (unpaired) electrons. The molecule has 0 aromatic carbocycles. The molecule has 122 valence electrons. The molecule has 1 N–H and O–H groups in total. The molecule has 2 aliphatic rings. The number of carbonyl (C=O) groups is 1. The highest BCUT2D eigenvalue weighted by atomic mass is 32.2. The zero-order valence-corrected chi connectivity index (χ0v) is 13.1. The van der Waals surface area contributed by atoms with Gasteiger partial charge < -0.3 is 9.84 Å². The van der Waals surface area contributed by atoms with Crippen LogP contribution in [-0.2, 0) is 29.4 Å². The summed E-state index contributed by atoms with van der Waals surface area (Å²) in [4.78, 5) is 10.7. The molecule has 0 spiro atoms. The molecular weight excluding hydrogens is 322 g/mol. The third kappa shape index (κ3) is 4.15. The van der Waals surface area contributed by atoms with Crippen molar-refractivity contribution in [3.05, 3.63) is 0 Å². The average molecular weight is 341 g/mol. The highest BCUT2D eigenvalue weighted by Gasteiger charge is 2.39. The third-order valence-corrected chi connectivity index (χ3v) is 7.87. The van der Waals surface area contributed by atoms with Crippen LogP contribution < -0.4 is 0 Å². The maximum absolute atomic E-state index is 12.5. The molecule has 2 heterocycles. The summed E-state index contributed by atoms with van der Waals surface area (Å²) in [5.41, 5.74) is 0. The van der Waals surface area contributed by atoms with Crippen molar-refractivity contribution in [3.8, 4) is 0 Å². The first kappa shape index (κ1) is 16.7. The Kier molecular flexibility index (Phi) is 4.91. The molecule has 10 heteroatoms. The standard InChI is InChI=1S/C11H19NO7S2/c13-11(14)7-9-8-12(3-4-19-9)21(17,18)10-1-5-20(15,16)6-2-10/h9-10H,1-8H2,(H,13,14). The van der Waals surface area contributed by atoms with Gasteiger partial charge in [-0.05, 0) is 12.8 Å². The van der Waals surface area contributed by atoms with Crippen molar-refractivity contribution in [2.75, 3.05) is 31.2 Å². The van der Waals surface area contributed by atoms with Crippen LogP contribution in [0.1, 0.15) is 19.3 Å². The van der Waals surface area contributed by atoms with Crippen molar-refractivity contribution < 1.29 is 31.5 Å². The van der Waals surface area contributed by atoms with Gasteiger partial charge in [0.1, 0.15) is 9.84 Å². The first-order valence-corrected chi connectivity index (χ1v) is 10.1. The van der Waals surface area contributed by atoms with Crippen molar-refractivity contribution in [1.29, 1.82) is 0 Å². The SMILES string of the molecule is O=C(O)CC1CN(S(=O)(=O)C2CCS(=O)(=O)CC2)CCO1. The Balaban J connectivity index is 2.03. The number of rotatable bonds is 4. The van der Waals surface area contributed by atoms with Gasteiger partial charge in [0.2, 0.25) is 10.0 Å². The topological polar surface area (TPSA) is 118 Å². The molecule has 2 rings (SSSR count). The molecule has 2 fully saturated rings. The molecular formula is C11H19NO7S2. The Morgan fingerprint density at radius 1 is 1.29 bits per heavy atom. The van der Waals surface area contributed by atoms with E-state index in [1.54, 1.807) is 0 Å². The summed E-state index contributed by atoms with van der Waals surface area (Å²) in [5.74, 6) is -1.26. The van der Waals surface area contributed by atoms with E-state index in [0.29, 0.717) is 0 Å². The highest BCUT2D eigenvalue weighted by Crippen LogP contribution is 2.24. The van der Waals surface area contributed by atoms with Crippen molar-refractivity contribution in [1.82, 2.24) is 4.31 Å². The Labute approximate surface area is 124 Å². The lowest BCUT2D eigenvalue weighted by Gasteiger charge is -2.35. The third-order valence-electron chi connectivity index (χ3n) is 3.79. The second kappa shape index (κ2) is 6.19. The van der Waals surface area contributed by atoms with Crippen LogP contribution in [0.4, 0.5) is 0 Å². The highest BCUT2D eigenvalue weighted by molar-refractivity contribution is 7.92. The van der Waals surface area contributed by atoms with E-state index in [2.05, 4.69) is 0 Å². The monoisotopic (exact) mass is 341 g/mol. The van der Waals surface area contributed by atoms with E-state index in [9.17, 15) is 21.6 Å². The Hall–Kier alpha value is -0.710. The summed E-state index contributed by atoms with van der Waals surface area (Å²) in [5, 5.41) is 8.04. The summed E-state index contributed by atoms with van der Waals surface area (Å²) in [6, 6.07) is 0. The summed E-state index contributed by atoms with van der Waals surface area (Å²) >= 11 is 0. The minimum Gasteiger partial charge on any atom is -0.481 e. The number of aliphatic carboxylic acids is 1. The maximum atomic E-state index is 12.5. The van der Waals surface area contributed by atoms with Gasteiger partial charge in [-0.3, -0.25) is 4.79 Å². The molecule has 1 atom stereocenters. The number of carboxylic acid groups (broad SMARTS) is 1. The zero-order valence-electron chi connectivity index (χ0n) is 11.5. The maximum Gasteiger partial charge on any atom is 0.306 e. The normalized spacial score (nSPS) is 28.3. The van der Waals surface area contributed by atoms with Gasteiger partial charge >= 0.3 is 5.97 Å². The number of nitrogens with zero attached hydrogens (tertiary/aromatic N) is 1. The summed E-state index contributed by atoms with van der Waals surface area (Å²) in [7, 11) is -6.73. The number of ether oxygens (including phenoxy) is 1. The van der Waals surface area contributed by atoms with Gasteiger partial charge in [0.05, 0.1) is 35.9 Å². The lowest BCUT2D eigenvalue weighted by Crippen LogP contribution is -2.50. The molecule has 0 saturated carbocycles.